The summed E-state index contributed by atoms with van der Waals surface area (Å²) in [7, 11) is 0. The van der Waals surface area contributed by atoms with Gasteiger partial charge in [-0.2, -0.15) is 11.3 Å². The lowest BCUT2D eigenvalue weighted by atomic mass is 9.85. The van der Waals surface area contributed by atoms with Crippen molar-refractivity contribution in [1.82, 2.24) is 0 Å². The number of hydrogen-bond donors (Lipinski definition) is 1. The number of carbonyl (C=O) groups is 1. The smallest absolute Gasteiger partial charge is 0.220 e. The van der Waals surface area contributed by atoms with E-state index in [1.807, 2.05) is 0 Å². The van der Waals surface area contributed by atoms with Gasteiger partial charge in [-0.05, 0) is 52.3 Å². The Kier molecular flexibility index (Phi) is 5.57. The molecule has 0 atom stereocenters. The maximum Gasteiger partial charge on any atom is 0.220 e. The van der Waals surface area contributed by atoms with Crippen molar-refractivity contribution in [2.24, 2.45) is 11.7 Å². The summed E-state index contributed by atoms with van der Waals surface area (Å²) in [4.78, 5) is 10.2. The predicted molar refractivity (Wildman–Crippen MR) is 90.4 cm³/mol. The van der Waals surface area contributed by atoms with E-state index in [9.17, 15) is 4.79 Å². The van der Waals surface area contributed by atoms with Crippen molar-refractivity contribution in [2.45, 2.75) is 39.0 Å². The molecule has 0 radical (unpaired) electrons. The normalized spacial score (nSPS) is 14.2. The zero-order chi connectivity index (χ0) is 15.2. The third kappa shape index (κ3) is 4.43. The minimum Gasteiger partial charge on any atom is -0.369 e. The molecule has 2 aromatic rings. The van der Waals surface area contributed by atoms with Crippen LogP contribution in [0.25, 0.3) is 11.1 Å². The number of amides is 1. The molecule has 3 heteroatoms. The molecule has 1 heterocycles. The molecule has 1 aliphatic carbocycles. The van der Waals surface area contributed by atoms with E-state index in [4.69, 9.17) is 5.73 Å². The number of thiophene rings is 1. The monoisotopic (exact) mass is 301 g/mol. The third-order valence-corrected chi connectivity index (χ3v) is 4.62. The largest absolute Gasteiger partial charge is 0.369 e. The highest BCUT2D eigenvalue weighted by atomic mass is 32.1. The molecule has 112 valence electrons. The van der Waals surface area contributed by atoms with Crippen molar-refractivity contribution in [3.63, 3.8) is 0 Å². The summed E-state index contributed by atoms with van der Waals surface area (Å²) in [6.45, 7) is 4.44. The topological polar surface area (TPSA) is 43.1 Å². The Morgan fingerprint density at radius 1 is 1.14 bits per heavy atom. The molecule has 0 saturated heterocycles. The molecule has 0 unspecified atom stereocenters. The van der Waals surface area contributed by atoms with Gasteiger partial charge in [0.05, 0.1) is 0 Å². The van der Waals surface area contributed by atoms with E-state index < -0.39 is 0 Å². The van der Waals surface area contributed by atoms with Gasteiger partial charge in [0.1, 0.15) is 0 Å². The van der Waals surface area contributed by atoms with Crippen LogP contribution in [0.5, 0.6) is 0 Å². The van der Waals surface area contributed by atoms with Crippen LogP contribution in [0.1, 0.15) is 44.6 Å². The van der Waals surface area contributed by atoms with Crippen LogP contribution in [0.2, 0.25) is 0 Å². The Morgan fingerprint density at radius 3 is 2.14 bits per heavy atom. The van der Waals surface area contributed by atoms with Gasteiger partial charge in [-0.3, -0.25) is 4.79 Å². The summed E-state index contributed by atoms with van der Waals surface area (Å²) in [5, 5.41) is 4.30. The molecule has 1 aromatic heterocycles. The fourth-order valence-corrected chi connectivity index (χ4v) is 2.85. The van der Waals surface area contributed by atoms with Crippen molar-refractivity contribution >= 4 is 17.2 Å². The summed E-state index contributed by atoms with van der Waals surface area (Å²) in [6.07, 6.45) is 3.23. The van der Waals surface area contributed by atoms with Crippen molar-refractivity contribution < 1.29 is 4.79 Å². The average Bonchev–Trinajstić information content (AvgIpc) is 2.90. The highest BCUT2D eigenvalue weighted by Crippen LogP contribution is 2.25. The van der Waals surface area contributed by atoms with Gasteiger partial charge in [-0.1, -0.05) is 44.5 Å². The van der Waals surface area contributed by atoms with E-state index in [2.05, 4.69) is 54.9 Å². The second kappa shape index (κ2) is 7.41. The van der Waals surface area contributed by atoms with Crippen LogP contribution in [0, 0.1) is 5.92 Å². The molecular formula is C18H23NOS. The molecule has 1 aliphatic rings. The fourth-order valence-electron chi connectivity index (χ4n) is 2.18. The highest BCUT2D eigenvalue weighted by molar-refractivity contribution is 7.08. The number of benzene rings is 1. The van der Waals surface area contributed by atoms with Crippen LogP contribution in [0.3, 0.4) is 0 Å². The number of carbonyl (C=O) groups excluding carboxylic acids is 1. The molecule has 1 aromatic carbocycles. The average molecular weight is 301 g/mol. The molecule has 2 nitrogen and oxygen atoms in total. The predicted octanol–water partition coefficient (Wildman–Crippen LogP) is 4.81. The van der Waals surface area contributed by atoms with Crippen LogP contribution in [0.15, 0.2) is 41.1 Å². The lowest BCUT2D eigenvalue weighted by Gasteiger charge is -2.20. The molecule has 0 bridgehead atoms. The second-order valence-corrected chi connectivity index (χ2v) is 6.60. The van der Waals surface area contributed by atoms with Crippen LogP contribution < -0.4 is 5.73 Å². The summed E-state index contributed by atoms with van der Waals surface area (Å²) in [6, 6.07) is 11.0. The first-order chi connectivity index (χ1) is 10.1. The van der Waals surface area contributed by atoms with Crippen LogP contribution in [-0.2, 0) is 4.79 Å². The van der Waals surface area contributed by atoms with E-state index in [1.165, 1.54) is 23.1 Å². The van der Waals surface area contributed by atoms with Gasteiger partial charge < -0.3 is 5.73 Å². The lowest BCUT2D eigenvalue weighted by Crippen LogP contribution is -2.28. The van der Waals surface area contributed by atoms with Gasteiger partial charge >= 0.3 is 0 Å². The quantitative estimate of drug-likeness (QED) is 0.868. The molecule has 3 rings (SSSR count). The first-order valence-corrected chi connectivity index (χ1v) is 8.44. The van der Waals surface area contributed by atoms with Crippen LogP contribution >= 0.6 is 11.3 Å². The fraction of sp³-hybridized carbons (Fsp3) is 0.389. The minimum absolute atomic E-state index is 0.119. The van der Waals surface area contributed by atoms with Gasteiger partial charge in [0, 0.05) is 5.92 Å². The Hall–Kier alpha value is -1.61. The molecule has 1 fully saturated rings. The molecule has 2 N–H and O–H groups in total. The van der Waals surface area contributed by atoms with Gasteiger partial charge in [-0.15, -0.1) is 0 Å². The molecule has 0 spiro atoms. The zero-order valence-electron chi connectivity index (χ0n) is 12.7. The number of nitrogens with two attached hydrogens (primary N) is 1. The standard InChI is InChI=1S/C13H14S.C5H9NO/c1-10(2)11-3-5-12(6-4-11)13-7-8-14-9-13;6-5(7)4-2-1-3-4/h3-10H,1-2H3;4H,1-3H2,(H2,6,7). The molecule has 21 heavy (non-hydrogen) atoms. The Morgan fingerprint density at radius 2 is 1.81 bits per heavy atom. The van der Waals surface area contributed by atoms with Crippen molar-refractivity contribution in [2.75, 3.05) is 0 Å². The third-order valence-electron chi connectivity index (χ3n) is 3.94. The first-order valence-electron chi connectivity index (χ1n) is 7.49. The Balaban J connectivity index is 0.000000194. The van der Waals surface area contributed by atoms with Crippen molar-refractivity contribution in [3.05, 3.63) is 46.7 Å². The second-order valence-electron chi connectivity index (χ2n) is 5.82. The Labute approximate surface area is 131 Å². The van der Waals surface area contributed by atoms with Gasteiger partial charge in [-0.25, -0.2) is 0 Å². The lowest BCUT2D eigenvalue weighted by molar-refractivity contribution is -0.124. The maximum atomic E-state index is 10.2. The molecule has 1 amide bonds. The molecule has 0 aliphatic heterocycles. The van der Waals surface area contributed by atoms with Gasteiger partial charge in [0.2, 0.25) is 5.91 Å². The summed E-state index contributed by atoms with van der Waals surface area (Å²) < 4.78 is 0. The van der Waals surface area contributed by atoms with Gasteiger partial charge in [0.25, 0.3) is 0 Å². The molecule has 1 saturated carbocycles. The van der Waals surface area contributed by atoms with Crippen molar-refractivity contribution in [1.29, 1.82) is 0 Å². The minimum atomic E-state index is -0.119. The van der Waals surface area contributed by atoms with E-state index in [0.717, 1.165) is 12.8 Å². The molecular weight excluding hydrogens is 278 g/mol. The summed E-state index contributed by atoms with van der Waals surface area (Å²) in [5.74, 6) is 0.720. The van der Waals surface area contributed by atoms with E-state index in [-0.39, 0.29) is 11.8 Å². The number of hydrogen-bond acceptors (Lipinski definition) is 2. The Bertz CT molecular complexity index is 553. The zero-order valence-corrected chi connectivity index (χ0v) is 13.5. The van der Waals surface area contributed by atoms with Crippen LogP contribution in [-0.4, -0.2) is 5.91 Å². The first kappa shape index (κ1) is 15.8. The van der Waals surface area contributed by atoms with Crippen LogP contribution in [0.4, 0.5) is 0 Å². The van der Waals surface area contributed by atoms with E-state index in [1.54, 1.807) is 11.3 Å². The van der Waals surface area contributed by atoms with E-state index >= 15 is 0 Å². The van der Waals surface area contributed by atoms with E-state index in [0.29, 0.717) is 5.92 Å². The SMILES string of the molecule is CC(C)c1ccc(-c2ccsc2)cc1.NC(=O)C1CCC1. The highest BCUT2D eigenvalue weighted by Gasteiger charge is 2.21. The van der Waals surface area contributed by atoms with Gasteiger partial charge in [0.15, 0.2) is 0 Å². The summed E-state index contributed by atoms with van der Waals surface area (Å²) in [5.41, 5.74) is 9.01. The summed E-state index contributed by atoms with van der Waals surface area (Å²) >= 11 is 1.74. The number of rotatable bonds is 3. The van der Waals surface area contributed by atoms with Crippen molar-refractivity contribution in [3.8, 4) is 11.1 Å². The maximum absolute atomic E-state index is 10.2. The number of primary amides is 1.